The average Bonchev–Trinajstić information content (AvgIpc) is 2.99. The Morgan fingerprint density at radius 3 is 2.21 bits per heavy atom. The molecule has 2 aliphatic carbocycles. The van der Waals surface area contributed by atoms with Gasteiger partial charge in [0.25, 0.3) is 17.7 Å². The summed E-state index contributed by atoms with van der Waals surface area (Å²) >= 11 is 0. The molecular formula is C22H26N2O5. The lowest BCUT2D eigenvalue weighted by molar-refractivity contribution is -0.142. The molecule has 4 rings (SSSR count). The molecule has 7 heteroatoms. The van der Waals surface area contributed by atoms with Crippen LogP contribution in [0.3, 0.4) is 0 Å². The summed E-state index contributed by atoms with van der Waals surface area (Å²) in [5, 5.41) is 12.0. The number of imide groups is 1. The fraction of sp³-hybridized carbons (Fsp3) is 0.545. The number of carbonyl (C=O) groups is 4. The molecule has 0 radical (unpaired) electrons. The zero-order chi connectivity index (χ0) is 20.5. The second-order valence-corrected chi connectivity index (χ2v) is 8.39. The SMILES string of the molecule is O=C(NC1CCC(C(=O)O)CC1)c1ccc2c(c1)C(=O)N(C1CCCCC1)C2=O. The van der Waals surface area contributed by atoms with Crippen LogP contribution in [0.2, 0.25) is 0 Å². The highest BCUT2D eigenvalue weighted by Crippen LogP contribution is 2.31. The Labute approximate surface area is 169 Å². The van der Waals surface area contributed by atoms with Crippen LogP contribution in [0.15, 0.2) is 18.2 Å². The summed E-state index contributed by atoms with van der Waals surface area (Å²) in [6, 6.07) is 4.58. The van der Waals surface area contributed by atoms with Gasteiger partial charge in [-0.2, -0.15) is 0 Å². The van der Waals surface area contributed by atoms with E-state index in [1.165, 1.54) is 11.0 Å². The summed E-state index contributed by atoms with van der Waals surface area (Å²) in [7, 11) is 0. The Morgan fingerprint density at radius 2 is 1.55 bits per heavy atom. The second-order valence-electron chi connectivity index (χ2n) is 8.39. The quantitative estimate of drug-likeness (QED) is 0.759. The Kier molecular flexibility index (Phi) is 5.39. The number of carboxylic acids is 1. The molecule has 3 aliphatic rings. The first-order valence-corrected chi connectivity index (χ1v) is 10.5. The third-order valence-electron chi connectivity index (χ3n) is 6.53. The van der Waals surface area contributed by atoms with E-state index in [0.717, 1.165) is 32.1 Å². The van der Waals surface area contributed by atoms with Gasteiger partial charge in [0.05, 0.1) is 17.0 Å². The summed E-state index contributed by atoms with van der Waals surface area (Å²) in [6.45, 7) is 0. The minimum absolute atomic E-state index is 0.0437. The number of nitrogens with one attached hydrogen (secondary N) is 1. The molecule has 0 unspecified atom stereocenters. The van der Waals surface area contributed by atoms with Crippen LogP contribution in [0, 0.1) is 5.92 Å². The predicted molar refractivity (Wildman–Crippen MR) is 105 cm³/mol. The van der Waals surface area contributed by atoms with Gasteiger partial charge in [-0.1, -0.05) is 19.3 Å². The van der Waals surface area contributed by atoms with Crippen LogP contribution in [0.1, 0.15) is 88.9 Å². The number of carbonyl (C=O) groups excluding carboxylic acids is 3. The van der Waals surface area contributed by atoms with E-state index in [2.05, 4.69) is 5.32 Å². The van der Waals surface area contributed by atoms with E-state index >= 15 is 0 Å². The van der Waals surface area contributed by atoms with Gasteiger partial charge in [0, 0.05) is 17.6 Å². The highest BCUT2D eigenvalue weighted by Gasteiger charge is 2.40. The first-order valence-electron chi connectivity index (χ1n) is 10.5. The monoisotopic (exact) mass is 398 g/mol. The molecule has 1 aliphatic heterocycles. The lowest BCUT2D eigenvalue weighted by Gasteiger charge is -2.29. The van der Waals surface area contributed by atoms with E-state index in [1.807, 2.05) is 0 Å². The lowest BCUT2D eigenvalue weighted by atomic mass is 9.86. The number of carboxylic acid groups (broad SMARTS) is 1. The van der Waals surface area contributed by atoms with Crippen LogP contribution >= 0.6 is 0 Å². The van der Waals surface area contributed by atoms with Gasteiger partial charge in [-0.25, -0.2) is 0 Å². The smallest absolute Gasteiger partial charge is 0.306 e. The van der Waals surface area contributed by atoms with E-state index in [1.54, 1.807) is 12.1 Å². The molecule has 1 aromatic rings. The van der Waals surface area contributed by atoms with Crippen molar-refractivity contribution in [2.45, 2.75) is 69.9 Å². The number of benzene rings is 1. The van der Waals surface area contributed by atoms with E-state index in [0.29, 0.717) is 42.4 Å². The Bertz CT molecular complexity index is 851. The molecule has 0 saturated heterocycles. The molecular weight excluding hydrogens is 372 g/mol. The van der Waals surface area contributed by atoms with Crippen LogP contribution in [-0.4, -0.2) is 45.8 Å². The van der Waals surface area contributed by atoms with Crippen LogP contribution < -0.4 is 5.32 Å². The summed E-state index contributed by atoms with van der Waals surface area (Å²) in [6.07, 6.45) is 7.22. The van der Waals surface area contributed by atoms with Crippen molar-refractivity contribution in [3.8, 4) is 0 Å². The molecule has 29 heavy (non-hydrogen) atoms. The zero-order valence-corrected chi connectivity index (χ0v) is 16.4. The van der Waals surface area contributed by atoms with Gasteiger partial charge >= 0.3 is 5.97 Å². The van der Waals surface area contributed by atoms with E-state index in [9.17, 15) is 19.2 Å². The van der Waals surface area contributed by atoms with E-state index < -0.39 is 5.97 Å². The van der Waals surface area contributed by atoms with E-state index in [4.69, 9.17) is 5.11 Å². The molecule has 0 spiro atoms. The van der Waals surface area contributed by atoms with Crippen molar-refractivity contribution in [3.05, 3.63) is 34.9 Å². The molecule has 3 amide bonds. The molecule has 1 aromatic carbocycles. The van der Waals surface area contributed by atoms with Gasteiger partial charge < -0.3 is 10.4 Å². The van der Waals surface area contributed by atoms with Crippen molar-refractivity contribution in [3.63, 3.8) is 0 Å². The number of rotatable bonds is 4. The number of hydrogen-bond acceptors (Lipinski definition) is 4. The first-order chi connectivity index (χ1) is 14.0. The summed E-state index contributed by atoms with van der Waals surface area (Å²) in [4.78, 5) is 50.7. The molecule has 2 fully saturated rings. The number of nitrogens with zero attached hydrogens (tertiary/aromatic N) is 1. The van der Waals surface area contributed by atoms with Crippen molar-refractivity contribution in [1.82, 2.24) is 10.2 Å². The topological polar surface area (TPSA) is 104 Å². The molecule has 1 heterocycles. The number of hydrogen-bond donors (Lipinski definition) is 2. The maximum Gasteiger partial charge on any atom is 0.306 e. The third kappa shape index (κ3) is 3.78. The molecule has 2 saturated carbocycles. The fourth-order valence-electron chi connectivity index (χ4n) is 4.83. The Morgan fingerprint density at radius 1 is 0.897 bits per heavy atom. The summed E-state index contributed by atoms with van der Waals surface area (Å²) < 4.78 is 0. The fourth-order valence-corrected chi connectivity index (χ4v) is 4.83. The van der Waals surface area contributed by atoms with E-state index in [-0.39, 0.29) is 35.7 Å². The second kappa shape index (κ2) is 7.97. The van der Waals surface area contributed by atoms with Crippen molar-refractivity contribution < 1.29 is 24.3 Å². The summed E-state index contributed by atoms with van der Waals surface area (Å²) in [5.74, 6) is -1.95. The first kappa shape index (κ1) is 19.6. The van der Waals surface area contributed by atoms with Crippen molar-refractivity contribution in [2.24, 2.45) is 5.92 Å². The molecule has 154 valence electrons. The zero-order valence-electron chi connectivity index (χ0n) is 16.4. The maximum atomic E-state index is 12.9. The number of fused-ring (bicyclic) bond motifs is 1. The van der Waals surface area contributed by atoms with Crippen LogP contribution in [0.5, 0.6) is 0 Å². The molecule has 0 aromatic heterocycles. The standard InChI is InChI=1S/C22H26N2O5/c25-19(23-15-9-6-13(7-10-15)22(28)29)14-8-11-17-18(12-14)21(27)24(20(17)26)16-4-2-1-3-5-16/h8,11-13,15-16H,1-7,9-10H2,(H,23,25)(H,28,29). The average molecular weight is 398 g/mol. The van der Waals surface area contributed by atoms with Crippen LogP contribution in [0.25, 0.3) is 0 Å². The largest absolute Gasteiger partial charge is 0.481 e. The van der Waals surface area contributed by atoms with Gasteiger partial charge in [-0.15, -0.1) is 0 Å². The highest BCUT2D eigenvalue weighted by molar-refractivity contribution is 6.22. The normalized spacial score (nSPS) is 25.0. The minimum atomic E-state index is -0.779. The molecule has 2 N–H and O–H groups in total. The van der Waals surface area contributed by atoms with Gasteiger partial charge in [0.1, 0.15) is 0 Å². The Balaban J connectivity index is 1.45. The predicted octanol–water partition coefficient (Wildman–Crippen LogP) is 2.99. The van der Waals surface area contributed by atoms with Gasteiger partial charge in [-0.3, -0.25) is 24.1 Å². The van der Waals surface area contributed by atoms with Crippen molar-refractivity contribution in [2.75, 3.05) is 0 Å². The van der Waals surface area contributed by atoms with Gasteiger partial charge in [0.2, 0.25) is 0 Å². The molecule has 7 nitrogen and oxygen atoms in total. The van der Waals surface area contributed by atoms with Crippen LogP contribution in [0.4, 0.5) is 0 Å². The maximum absolute atomic E-state index is 12.9. The van der Waals surface area contributed by atoms with Crippen molar-refractivity contribution in [1.29, 1.82) is 0 Å². The van der Waals surface area contributed by atoms with Crippen molar-refractivity contribution >= 4 is 23.7 Å². The number of amides is 3. The highest BCUT2D eigenvalue weighted by atomic mass is 16.4. The Hall–Kier alpha value is -2.70. The third-order valence-corrected chi connectivity index (χ3v) is 6.53. The van der Waals surface area contributed by atoms with Crippen LogP contribution in [-0.2, 0) is 4.79 Å². The molecule has 0 bridgehead atoms. The van der Waals surface area contributed by atoms with Gasteiger partial charge in [-0.05, 0) is 56.7 Å². The van der Waals surface area contributed by atoms with Gasteiger partial charge in [0.15, 0.2) is 0 Å². The minimum Gasteiger partial charge on any atom is -0.481 e. The molecule has 0 atom stereocenters. The number of aliphatic carboxylic acids is 1. The summed E-state index contributed by atoms with van der Waals surface area (Å²) in [5.41, 5.74) is 1.04. The lowest BCUT2D eigenvalue weighted by Crippen LogP contribution is -2.40.